The molecule has 19 heavy (non-hydrogen) atoms. The molecule has 1 aromatic heterocycles. The lowest BCUT2D eigenvalue weighted by Crippen LogP contribution is -2.33. The Hall–Kier alpha value is -1.28. The van der Waals surface area contributed by atoms with Crippen molar-refractivity contribution in [2.45, 2.75) is 51.6 Å². The number of para-hydroxylation sites is 1. The van der Waals surface area contributed by atoms with E-state index in [1.807, 2.05) is 18.4 Å². The smallest absolute Gasteiger partial charge is 0.134 e. The standard InChI is InChI=1S/C17H23NO/c1-13-7-3-2-4-9-16(13)18-11-14-12-19-17-10-6-5-8-15(14)17/h5-6,8,10,12-13,16,18H,2-4,7,9,11H2,1H3. The van der Waals surface area contributed by atoms with E-state index in [-0.39, 0.29) is 0 Å². The highest BCUT2D eigenvalue weighted by molar-refractivity contribution is 5.80. The van der Waals surface area contributed by atoms with E-state index in [4.69, 9.17) is 4.42 Å². The van der Waals surface area contributed by atoms with Crippen molar-refractivity contribution in [2.24, 2.45) is 5.92 Å². The molecule has 0 spiro atoms. The van der Waals surface area contributed by atoms with Crippen LogP contribution in [0.15, 0.2) is 34.9 Å². The van der Waals surface area contributed by atoms with Gasteiger partial charge in [0.15, 0.2) is 0 Å². The molecule has 1 N–H and O–H groups in total. The molecule has 1 aromatic carbocycles. The van der Waals surface area contributed by atoms with E-state index >= 15 is 0 Å². The fourth-order valence-electron chi connectivity index (χ4n) is 3.21. The maximum absolute atomic E-state index is 5.60. The van der Waals surface area contributed by atoms with Gasteiger partial charge < -0.3 is 9.73 Å². The summed E-state index contributed by atoms with van der Waals surface area (Å²) < 4.78 is 5.60. The van der Waals surface area contributed by atoms with Crippen molar-refractivity contribution >= 4 is 11.0 Å². The van der Waals surface area contributed by atoms with Crippen LogP contribution in [0.3, 0.4) is 0 Å². The molecule has 1 aliphatic carbocycles. The van der Waals surface area contributed by atoms with E-state index in [1.54, 1.807) is 0 Å². The van der Waals surface area contributed by atoms with Crippen molar-refractivity contribution in [1.29, 1.82) is 0 Å². The molecule has 1 aliphatic rings. The molecule has 0 saturated heterocycles. The van der Waals surface area contributed by atoms with E-state index < -0.39 is 0 Å². The van der Waals surface area contributed by atoms with Crippen molar-refractivity contribution in [2.75, 3.05) is 0 Å². The molecule has 3 rings (SSSR count). The number of fused-ring (bicyclic) bond motifs is 1. The fraction of sp³-hybridized carbons (Fsp3) is 0.529. The van der Waals surface area contributed by atoms with E-state index in [2.05, 4.69) is 24.4 Å². The topological polar surface area (TPSA) is 25.2 Å². The van der Waals surface area contributed by atoms with Gasteiger partial charge in [-0.25, -0.2) is 0 Å². The second-order valence-electron chi connectivity index (χ2n) is 5.86. The third-order valence-electron chi connectivity index (χ3n) is 4.48. The van der Waals surface area contributed by atoms with Gasteiger partial charge in [-0.3, -0.25) is 0 Å². The lowest BCUT2D eigenvalue weighted by atomic mass is 9.97. The number of hydrogen-bond acceptors (Lipinski definition) is 2. The third-order valence-corrected chi connectivity index (χ3v) is 4.48. The highest BCUT2D eigenvalue weighted by Gasteiger charge is 2.19. The summed E-state index contributed by atoms with van der Waals surface area (Å²) in [5.74, 6) is 0.792. The van der Waals surface area contributed by atoms with Crippen molar-refractivity contribution in [3.8, 4) is 0 Å². The first-order valence-electron chi connectivity index (χ1n) is 7.53. The van der Waals surface area contributed by atoms with Gasteiger partial charge in [0.05, 0.1) is 6.26 Å². The number of nitrogens with one attached hydrogen (secondary N) is 1. The molecule has 0 amide bonds. The van der Waals surface area contributed by atoms with Crippen LogP contribution in [0.2, 0.25) is 0 Å². The predicted octanol–water partition coefficient (Wildman–Crippen LogP) is 4.49. The largest absolute Gasteiger partial charge is 0.464 e. The van der Waals surface area contributed by atoms with E-state index in [0.717, 1.165) is 18.0 Å². The van der Waals surface area contributed by atoms with Gasteiger partial charge >= 0.3 is 0 Å². The van der Waals surface area contributed by atoms with Crippen molar-refractivity contribution in [3.05, 3.63) is 36.1 Å². The molecule has 2 unspecified atom stereocenters. The Balaban J connectivity index is 1.68. The van der Waals surface area contributed by atoms with Crippen LogP contribution < -0.4 is 5.32 Å². The first kappa shape index (κ1) is 12.7. The molecule has 2 heteroatoms. The molecule has 2 atom stereocenters. The molecular formula is C17H23NO. The normalized spacial score (nSPS) is 24.5. The Morgan fingerprint density at radius 2 is 2.00 bits per heavy atom. The highest BCUT2D eigenvalue weighted by atomic mass is 16.3. The zero-order valence-electron chi connectivity index (χ0n) is 11.7. The summed E-state index contributed by atoms with van der Waals surface area (Å²) in [7, 11) is 0. The van der Waals surface area contributed by atoms with Gasteiger partial charge in [-0.1, -0.05) is 44.4 Å². The molecule has 2 aromatic rings. The SMILES string of the molecule is CC1CCCCCC1NCc1coc2ccccc12. The quantitative estimate of drug-likeness (QED) is 0.819. The zero-order chi connectivity index (χ0) is 13.1. The monoisotopic (exact) mass is 257 g/mol. The fourth-order valence-corrected chi connectivity index (χ4v) is 3.21. The summed E-state index contributed by atoms with van der Waals surface area (Å²) in [4.78, 5) is 0. The van der Waals surface area contributed by atoms with Gasteiger partial charge in [0.2, 0.25) is 0 Å². The van der Waals surface area contributed by atoms with Crippen LogP contribution in [0.5, 0.6) is 0 Å². The number of hydrogen-bond donors (Lipinski definition) is 1. The van der Waals surface area contributed by atoms with Gasteiger partial charge in [-0.15, -0.1) is 0 Å². The maximum atomic E-state index is 5.60. The Bertz CT molecular complexity index is 531. The van der Waals surface area contributed by atoms with Crippen LogP contribution in [0.25, 0.3) is 11.0 Å². The van der Waals surface area contributed by atoms with Gasteiger partial charge in [0.1, 0.15) is 5.58 Å². The molecule has 1 fully saturated rings. The first-order chi connectivity index (χ1) is 9.34. The molecule has 1 saturated carbocycles. The summed E-state index contributed by atoms with van der Waals surface area (Å²) in [6.07, 6.45) is 8.75. The van der Waals surface area contributed by atoms with Crippen molar-refractivity contribution < 1.29 is 4.42 Å². The Morgan fingerprint density at radius 1 is 1.16 bits per heavy atom. The van der Waals surface area contributed by atoms with E-state index in [9.17, 15) is 0 Å². The molecule has 0 aliphatic heterocycles. The van der Waals surface area contributed by atoms with E-state index in [0.29, 0.717) is 6.04 Å². The molecule has 2 nitrogen and oxygen atoms in total. The zero-order valence-corrected chi connectivity index (χ0v) is 11.7. The van der Waals surface area contributed by atoms with Crippen LogP contribution in [-0.4, -0.2) is 6.04 Å². The average Bonchev–Trinajstić information content (AvgIpc) is 2.73. The van der Waals surface area contributed by atoms with Gasteiger partial charge in [-0.05, 0) is 24.8 Å². The average molecular weight is 257 g/mol. The third kappa shape index (κ3) is 2.84. The molecule has 0 radical (unpaired) electrons. The maximum Gasteiger partial charge on any atom is 0.134 e. The second kappa shape index (κ2) is 5.79. The van der Waals surface area contributed by atoms with Gasteiger partial charge in [0.25, 0.3) is 0 Å². The first-order valence-corrected chi connectivity index (χ1v) is 7.53. The summed E-state index contributed by atoms with van der Waals surface area (Å²) >= 11 is 0. The lowest BCUT2D eigenvalue weighted by Gasteiger charge is -2.22. The van der Waals surface area contributed by atoms with Crippen molar-refractivity contribution in [1.82, 2.24) is 5.32 Å². The minimum atomic E-state index is 0.663. The number of benzene rings is 1. The molecular weight excluding hydrogens is 234 g/mol. The van der Waals surface area contributed by atoms with Gasteiger partial charge in [-0.2, -0.15) is 0 Å². The van der Waals surface area contributed by atoms with Crippen molar-refractivity contribution in [3.63, 3.8) is 0 Å². The Morgan fingerprint density at radius 3 is 2.95 bits per heavy atom. The van der Waals surface area contributed by atoms with E-state index in [1.165, 1.54) is 43.1 Å². The van der Waals surface area contributed by atoms with Crippen LogP contribution >= 0.6 is 0 Å². The number of furan rings is 1. The number of rotatable bonds is 3. The Kier molecular flexibility index (Phi) is 3.88. The summed E-state index contributed by atoms with van der Waals surface area (Å²) in [5, 5.41) is 4.99. The minimum absolute atomic E-state index is 0.663. The summed E-state index contributed by atoms with van der Waals surface area (Å²) in [6.45, 7) is 3.31. The summed E-state index contributed by atoms with van der Waals surface area (Å²) in [6, 6.07) is 8.95. The minimum Gasteiger partial charge on any atom is -0.464 e. The summed E-state index contributed by atoms with van der Waals surface area (Å²) in [5.41, 5.74) is 2.28. The van der Waals surface area contributed by atoms with Gasteiger partial charge in [0, 0.05) is 23.5 Å². The molecule has 1 heterocycles. The predicted molar refractivity (Wildman–Crippen MR) is 79.1 cm³/mol. The molecule has 0 bridgehead atoms. The lowest BCUT2D eigenvalue weighted by molar-refractivity contribution is 0.356. The van der Waals surface area contributed by atoms with Crippen LogP contribution in [-0.2, 0) is 6.54 Å². The van der Waals surface area contributed by atoms with Crippen LogP contribution in [0.4, 0.5) is 0 Å². The van der Waals surface area contributed by atoms with Crippen LogP contribution in [0.1, 0.15) is 44.6 Å². The Labute approximate surface area is 115 Å². The highest BCUT2D eigenvalue weighted by Crippen LogP contribution is 2.25. The van der Waals surface area contributed by atoms with Crippen LogP contribution in [0, 0.1) is 5.92 Å². The second-order valence-corrected chi connectivity index (χ2v) is 5.86. The molecule has 102 valence electrons.